The Kier molecular flexibility index (Phi) is 5.15. The fourth-order valence-corrected chi connectivity index (χ4v) is 4.22. The van der Waals surface area contributed by atoms with Gasteiger partial charge in [-0.05, 0) is 48.2 Å². The fraction of sp³-hybridized carbons (Fsp3) is 0.261. The molecule has 1 aromatic heterocycles. The molecule has 1 atom stereocenters. The number of amides is 1. The Labute approximate surface area is 173 Å². The number of aromatic nitrogens is 1. The van der Waals surface area contributed by atoms with Gasteiger partial charge < -0.3 is 19.8 Å². The minimum absolute atomic E-state index is 0.221. The van der Waals surface area contributed by atoms with Gasteiger partial charge in [0, 0.05) is 17.6 Å². The lowest BCUT2D eigenvalue weighted by Crippen LogP contribution is -2.19. The van der Waals surface area contributed by atoms with E-state index in [2.05, 4.69) is 15.4 Å². The lowest BCUT2D eigenvalue weighted by atomic mass is 9.99. The summed E-state index contributed by atoms with van der Waals surface area (Å²) in [5.74, 6) is -0.742. The van der Waals surface area contributed by atoms with Crippen LogP contribution in [0.3, 0.4) is 0 Å². The van der Waals surface area contributed by atoms with E-state index < -0.39 is 11.9 Å². The zero-order chi connectivity index (χ0) is 21.3. The maximum Gasteiger partial charge on any atom is 0.343 e. The van der Waals surface area contributed by atoms with Crippen molar-refractivity contribution in [1.29, 1.82) is 5.26 Å². The summed E-state index contributed by atoms with van der Waals surface area (Å²) >= 11 is 0. The molecule has 30 heavy (non-hydrogen) atoms. The van der Waals surface area contributed by atoms with Crippen molar-refractivity contribution in [1.82, 2.24) is 4.57 Å². The number of carbonyl (C=O) groups excluding carboxylic acids is 2. The number of fused-ring (bicyclic) bond motifs is 3. The van der Waals surface area contributed by atoms with Gasteiger partial charge in [-0.15, -0.1) is 0 Å². The molecule has 7 nitrogen and oxygen atoms in total. The van der Waals surface area contributed by atoms with Gasteiger partial charge in [0.2, 0.25) is 5.91 Å². The van der Waals surface area contributed by atoms with Crippen LogP contribution in [0, 0.1) is 11.3 Å². The normalized spacial score (nSPS) is 14.9. The van der Waals surface area contributed by atoms with E-state index in [9.17, 15) is 14.9 Å². The zero-order valence-electron chi connectivity index (χ0n) is 16.6. The Bertz CT molecular complexity index is 1190. The van der Waals surface area contributed by atoms with Crippen LogP contribution in [-0.2, 0) is 27.3 Å². The molecule has 0 radical (unpaired) electrons. The van der Waals surface area contributed by atoms with Crippen molar-refractivity contribution in [2.75, 3.05) is 13.7 Å². The van der Waals surface area contributed by atoms with Crippen LogP contribution in [-0.4, -0.2) is 30.2 Å². The highest BCUT2D eigenvalue weighted by Gasteiger charge is 2.34. The van der Waals surface area contributed by atoms with Crippen molar-refractivity contribution in [2.45, 2.75) is 25.3 Å². The van der Waals surface area contributed by atoms with Gasteiger partial charge in [-0.25, -0.2) is 4.79 Å². The first-order chi connectivity index (χ1) is 14.5. The Morgan fingerprint density at radius 1 is 1.27 bits per heavy atom. The predicted octanol–water partition coefficient (Wildman–Crippen LogP) is 2.63. The molecule has 152 valence electrons. The molecule has 4 rings (SSSR count). The number of benzene rings is 2. The van der Waals surface area contributed by atoms with Gasteiger partial charge in [-0.1, -0.05) is 18.2 Å². The summed E-state index contributed by atoms with van der Waals surface area (Å²) in [7, 11) is 1.30. The number of methoxy groups -OCH3 is 1. The molecule has 0 saturated carbocycles. The first-order valence-corrected chi connectivity index (χ1v) is 9.65. The van der Waals surface area contributed by atoms with E-state index in [4.69, 9.17) is 10.5 Å². The Morgan fingerprint density at radius 2 is 2.07 bits per heavy atom. The maximum atomic E-state index is 12.1. The molecule has 0 spiro atoms. The largest absolute Gasteiger partial charge is 0.481 e. The molecule has 0 saturated heterocycles. The van der Waals surface area contributed by atoms with Crippen molar-refractivity contribution in [3.8, 4) is 11.8 Å². The first kappa shape index (κ1) is 19.5. The Hall–Kier alpha value is -3.79. The van der Waals surface area contributed by atoms with Crippen molar-refractivity contribution >= 4 is 22.8 Å². The number of nitrogens with two attached hydrogens (primary N) is 1. The van der Waals surface area contributed by atoms with Crippen LogP contribution in [0.4, 0.5) is 0 Å². The minimum Gasteiger partial charge on any atom is -0.481 e. The van der Waals surface area contributed by atoms with Gasteiger partial charge >= 0.3 is 5.97 Å². The second-order valence-corrected chi connectivity index (χ2v) is 7.27. The maximum absolute atomic E-state index is 12.1. The van der Waals surface area contributed by atoms with E-state index in [0.29, 0.717) is 30.7 Å². The minimum atomic E-state index is -0.483. The number of primary amides is 1. The number of hydrogen-bond donors (Lipinski definition) is 1. The summed E-state index contributed by atoms with van der Waals surface area (Å²) in [6.07, 6.45) is 1.35. The Morgan fingerprint density at radius 3 is 2.80 bits per heavy atom. The van der Waals surface area contributed by atoms with Crippen molar-refractivity contribution in [3.05, 3.63) is 64.8 Å². The van der Waals surface area contributed by atoms with Crippen molar-refractivity contribution in [2.24, 2.45) is 5.73 Å². The fourth-order valence-electron chi connectivity index (χ4n) is 4.22. The summed E-state index contributed by atoms with van der Waals surface area (Å²) < 4.78 is 12.6. The van der Waals surface area contributed by atoms with Crippen molar-refractivity contribution in [3.63, 3.8) is 0 Å². The summed E-state index contributed by atoms with van der Waals surface area (Å²) in [6, 6.07) is 15.2. The van der Waals surface area contributed by atoms with Gasteiger partial charge in [0.15, 0.2) is 6.61 Å². The SMILES string of the molecule is COC(=O)COc1cccc2c1c1c(n2Cc2cccc(C#N)c2)CCC1C(N)=O. The van der Waals surface area contributed by atoms with E-state index in [1.165, 1.54) is 7.11 Å². The van der Waals surface area contributed by atoms with Crippen LogP contribution in [0.1, 0.15) is 34.7 Å². The third-order valence-electron chi connectivity index (χ3n) is 5.53. The van der Waals surface area contributed by atoms with Gasteiger partial charge in [-0.3, -0.25) is 4.79 Å². The highest BCUT2D eigenvalue weighted by atomic mass is 16.6. The van der Waals surface area contributed by atoms with Crippen LogP contribution in [0.5, 0.6) is 5.75 Å². The number of rotatable bonds is 6. The predicted molar refractivity (Wildman–Crippen MR) is 110 cm³/mol. The highest BCUT2D eigenvalue weighted by Crippen LogP contribution is 2.44. The molecular formula is C23H21N3O4. The highest BCUT2D eigenvalue weighted by molar-refractivity contribution is 5.97. The molecular weight excluding hydrogens is 382 g/mol. The first-order valence-electron chi connectivity index (χ1n) is 9.65. The molecule has 2 aromatic carbocycles. The smallest absolute Gasteiger partial charge is 0.343 e. The number of nitriles is 1. The second kappa shape index (κ2) is 7.91. The van der Waals surface area contributed by atoms with E-state index in [1.807, 2.05) is 30.3 Å². The molecule has 0 fully saturated rings. The molecule has 1 amide bonds. The number of ether oxygens (including phenoxy) is 2. The van der Waals surface area contributed by atoms with Crippen LogP contribution < -0.4 is 10.5 Å². The molecule has 1 aliphatic rings. The number of hydrogen-bond acceptors (Lipinski definition) is 5. The van der Waals surface area contributed by atoms with Gasteiger partial charge in [0.1, 0.15) is 5.75 Å². The summed E-state index contributed by atoms with van der Waals surface area (Å²) in [5.41, 5.74) is 10.1. The van der Waals surface area contributed by atoms with E-state index in [0.717, 1.165) is 27.7 Å². The molecule has 1 aliphatic carbocycles. The van der Waals surface area contributed by atoms with Crippen molar-refractivity contribution < 1.29 is 19.1 Å². The van der Waals surface area contributed by atoms with Gasteiger partial charge in [0.05, 0.1) is 30.2 Å². The summed E-state index contributed by atoms with van der Waals surface area (Å²) in [4.78, 5) is 23.7. The molecule has 0 aliphatic heterocycles. The molecule has 7 heteroatoms. The third kappa shape index (κ3) is 3.37. The van der Waals surface area contributed by atoms with Crippen LogP contribution in [0.2, 0.25) is 0 Å². The summed E-state index contributed by atoms with van der Waals surface area (Å²) in [5, 5.41) is 10.0. The average molecular weight is 403 g/mol. The molecule has 3 aromatic rings. The summed E-state index contributed by atoms with van der Waals surface area (Å²) in [6.45, 7) is 0.328. The lowest BCUT2D eigenvalue weighted by molar-refractivity contribution is -0.142. The monoisotopic (exact) mass is 403 g/mol. The van der Waals surface area contributed by atoms with Crippen LogP contribution >= 0.6 is 0 Å². The lowest BCUT2D eigenvalue weighted by Gasteiger charge is -2.12. The molecule has 1 unspecified atom stereocenters. The second-order valence-electron chi connectivity index (χ2n) is 7.27. The van der Waals surface area contributed by atoms with Crippen LogP contribution in [0.25, 0.3) is 10.9 Å². The number of esters is 1. The Balaban J connectivity index is 1.86. The zero-order valence-corrected chi connectivity index (χ0v) is 16.6. The van der Waals surface area contributed by atoms with E-state index >= 15 is 0 Å². The van der Waals surface area contributed by atoms with Gasteiger partial charge in [0.25, 0.3) is 0 Å². The molecule has 2 N–H and O–H groups in total. The number of carbonyl (C=O) groups is 2. The standard InChI is InChI=1S/C23H21N3O4/c1-29-20(27)13-30-19-7-3-6-17-22(19)21-16(23(25)28)8-9-18(21)26(17)12-15-5-2-4-14(10-15)11-24/h2-7,10,16H,8-9,12-13H2,1H3,(H2,25,28). The third-order valence-corrected chi connectivity index (χ3v) is 5.53. The quantitative estimate of drug-likeness (QED) is 0.637. The molecule has 0 bridgehead atoms. The van der Waals surface area contributed by atoms with E-state index in [-0.39, 0.29) is 12.5 Å². The van der Waals surface area contributed by atoms with E-state index in [1.54, 1.807) is 12.1 Å². The topological polar surface area (TPSA) is 107 Å². The van der Waals surface area contributed by atoms with Crippen LogP contribution in [0.15, 0.2) is 42.5 Å². The molecule has 1 heterocycles. The van der Waals surface area contributed by atoms with Gasteiger partial charge in [-0.2, -0.15) is 5.26 Å². The number of nitrogens with zero attached hydrogens (tertiary/aromatic N) is 2. The average Bonchev–Trinajstić information content (AvgIpc) is 3.32.